The third-order valence-electron chi connectivity index (χ3n) is 3.67. The summed E-state index contributed by atoms with van der Waals surface area (Å²) in [5, 5.41) is 8.29. The minimum Gasteiger partial charge on any atom is -0.456 e. The number of hydrogen-bond acceptors (Lipinski definition) is 7. The molecule has 0 bridgehead atoms. The lowest BCUT2D eigenvalue weighted by molar-refractivity contribution is -0.145. The molecule has 0 saturated carbocycles. The molecule has 0 fully saturated rings. The summed E-state index contributed by atoms with van der Waals surface area (Å²) in [4.78, 5) is 16.1. The number of esters is 1. The van der Waals surface area contributed by atoms with Crippen molar-refractivity contribution in [2.75, 3.05) is 0 Å². The molecule has 3 aromatic rings. The molecule has 0 aliphatic rings. The highest BCUT2D eigenvalue weighted by atomic mass is 35.5. The number of benzene rings is 1. The van der Waals surface area contributed by atoms with Crippen molar-refractivity contribution in [2.45, 2.75) is 33.3 Å². The molecule has 2 heterocycles. The van der Waals surface area contributed by atoms with Crippen LogP contribution in [0.15, 0.2) is 33.3 Å². The van der Waals surface area contributed by atoms with Gasteiger partial charge in [0.2, 0.25) is 5.82 Å². The molecule has 0 radical (unpaired) electrons. The summed E-state index contributed by atoms with van der Waals surface area (Å²) >= 11 is 5.94. The van der Waals surface area contributed by atoms with Gasteiger partial charge < -0.3 is 13.8 Å². The first-order chi connectivity index (χ1) is 12.0. The monoisotopic (exact) mass is 361 g/mol. The van der Waals surface area contributed by atoms with Crippen molar-refractivity contribution in [3.05, 3.63) is 52.2 Å². The number of nitrogens with zero attached hydrogens (tertiary/aromatic N) is 3. The summed E-state index contributed by atoms with van der Waals surface area (Å²) in [7, 11) is 0. The molecule has 3 rings (SSSR count). The minimum atomic E-state index is -0.359. The second-order valence-corrected chi connectivity index (χ2v) is 5.92. The fraction of sp³-hybridized carbons (Fsp3) is 0.294. The van der Waals surface area contributed by atoms with E-state index in [4.69, 9.17) is 25.4 Å². The lowest BCUT2D eigenvalue weighted by atomic mass is 10.1. The third kappa shape index (κ3) is 4.24. The maximum absolute atomic E-state index is 11.9. The molecule has 1 aromatic carbocycles. The van der Waals surface area contributed by atoms with E-state index in [0.717, 1.165) is 16.8 Å². The summed E-state index contributed by atoms with van der Waals surface area (Å²) in [6, 6.07) is 7.09. The summed E-state index contributed by atoms with van der Waals surface area (Å²) in [5.41, 5.74) is 2.44. The fourth-order valence-electron chi connectivity index (χ4n) is 2.36. The molecule has 0 spiro atoms. The molecule has 8 heteroatoms. The smallest absolute Gasteiger partial charge is 0.306 e. The van der Waals surface area contributed by atoms with Gasteiger partial charge in [-0.25, -0.2) is 0 Å². The summed E-state index contributed by atoms with van der Waals surface area (Å²) in [5.74, 6) is 0.973. The van der Waals surface area contributed by atoms with Crippen LogP contribution in [0.5, 0.6) is 0 Å². The summed E-state index contributed by atoms with van der Waals surface area (Å²) in [6.07, 6.45) is 0.732. The lowest BCUT2D eigenvalue weighted by Crippen LogP contribution is -2.06. The van der Waals surface area contributed by atoms with Gasteiger partial charge in [-0.05, 0) is 32.4 Å². The van der Waals surface area contributed by atoms with Crippen LogP contribution >= 0.6 is 11.6 Å². The first-order valence-electron chi connectivity index (χ1n) is 7.69. The van der Waals surface area contributed by atoms with Gasteiger partial charge in [-0.1, -0.05) is 34.0 Å². The second-order valence-electron chi connectivity index (χ2n) is 5.49. The Bertz CT molecular complexity index is 868. The van der Waals surface area contributed by atoms with Gasteiger partial charge in [0.05, 0.1) is 5.69 Å². The number of hydrogen-bond donors (Lipinski definition) is 0. The van der Waals surface area contributed by atoms with E-state index in [2.05, 4.69) is 15.3 Å². The van der Waals surface area contributed by atoms with Crippen LogP contribution in [-0.2, 0) is 22.6 Å². The first kappa shape index (κ1) is 17.2. The van der Waals surface area contributed by atoms with Crippen molar-refractivity contribution < 1.29 is 18.6 Å². The van der Waals surface area contributed by atoms with Crippen LogP contribution in [0.4, 0.5) is 0 Å². The molecule has 130 valence electrons. The fourth-order valence-corrected chi connectivity index (χ4v) is 2.55. The van der Waals surface area contributed by atoms with Crippen LogP contribution < -0.4 is 0 Å². The molecule has 7 nitrogen and oxygen atoms in total. The lowest BCUT2D eigenvalue weighted by Gasteiger charge is -2.01. The molecule has 0 unspecified atom stereocenters. The molecule has 0 saturated heterocycles. The van der Waals surface area contributed by atoms with Crippen molar-refractivity contribution in [1.82, 2.24) is 15.3 Å². The zero-order valence-corrected chi connectivity index (χ0v) is 14.5. The van der Waals surface area contributed by atoms with E-state index in [1.54, 1.807) is 18.2 Å². The topological polar surface area (TPSA) is 91.2 Å². The van der Waals surface area contributed by atoms with E-state index in [0.29, 0.717) is 23.0 Å². The molecule has 0 aliphatic carbocycles. The summed E-state index contributed by atoms with van der Waals surface area (Å²) in [6.45, 7) is 3.58. The average Bonchev–Trinajstić information content (AvgIpc) is 3.19. The first-order valence-corrected chi connectivity index (χ1v) is 8.06. The molecule has 0 N–H and O–H groups in total. The van der Waals surface area contributed by atoms with Crippen LogP contribution in [0.25, 0.3) is 11.4 Å². The van der Waals surface area contributed by atoms with E-state index in [1.165, 1.54) is 0 Å². The predicted octanol–water partition coefficient (Wildman–Crippen LogP) is 3.67. The largest absolute Gasteiger partial charge is 0.456 e. The van der Waals surface area contributed by atoms with Crippen LogP contribution in [0.2, 0.25) is 5.02 Å². The number of halogens is 1. The maximum atomic E-state index is 11.9. The molecule has 0 atom stereocenters. The Morgan fingerprint density at radius 2 is 2.08 bits per heavy atom. The van der Waals surface area contributed by atoms with Gasteiger partial charge in [0.15, 0.2) is 6.61 Å². The average molecular weight is 362 g/mol. The predicted molar refractivity (Wildman–Crippen MR) is 88.8 cm³/mol. The van der Waals surface area contributed by atoms with Crippen molar-refractivity contribution in [3.8, 4) is 11.4 Å². The molecular weight excluding hydrogens is 346 g/mol. The van der Waals surface area contributed by atoms with Gasteiger partial charge in [0.1, 0.15) is 5.76 Å². The van der Waals surface area contributed by atoms with E-state index in [1.807, 2.05) is 19.9 Å². The number of rotatable bonds is 6. The van der Waals surface area contributed by atoms with E-state index >= 15 is 0 Å². The Hall–Kier alpha value is -2.67. The summed E-state index contributed by atoms with van der Waals surface area (Å²) < 4.78 is 15.3. The van der Waals surface area contributed by atoms with Crippen LogP contribution in [0.1, 0.15) is 29.3 Å². The van der Waals surface area contributed by atoms with Crippen molar-refractivity contribution in [3.63, 3.8) is 0 Å². The molecule has 25 heavy (non-hydrogen) atoms. The SMILES string of the molecule is Cc1noc(C)c1CCC(=O)OCc1nc(-c2cccc(Cl)c2)no1. The highest BCUT2D eigenvalue weighted by Gasteiger charge is 2.14. The van der Waals surface area contributed by atoms with Crippen LogP contribution in [0.3, 0.4) is 0 Å². The molecular formula is C17H16ClN3O4. The van der Waals surface area contributed by atoms with E-state index in [9.17, 15) is 4.79 Å². The van der Waals surface area contributed by atoms with Gasteiger partial charge >= 0.3 is 5.97 Å². The number of carbonyl (C=O) groups excluding carboxylic acids is 1. The third-order valence-corrected chi connectivity index (χ3v) is 3.90. The van der Waals surface area contributed by atoms with Crippen molar-refractivity contribution >= 4 is 17.6 Å². The Labute approximate surface area is 148 Å². The van der Waals surface area contributed by atoms with Gasteiger partial charge in [-0.2, -0.15) is 4.98 Å². The zero-order valence-electron chi connectivity index (χ0n) is 13.8. The normalized spacial score (nSPS) is 10.8. The Morgan fingerprint density at radius 3 is 2.80 bits per heavy atom. The second kappa shape index (κ2) is 7.48. The maximum Gasteiger partial charge on any atom is 0.306 e. The Kier molecular flexibility index (Phi) is 5.14. The Morgan fingerprint density at radius 1 is 1.24 bits per heavy atom. The zero-order chi connectivity index (χ0) is 17.8. The standard InChI is InChI=1S/C17H16ClN3O4/c1-10-14(11(2)24-20-10)6-7-16(22)23-9-15-19-17(21-25-15)12-4-3-5-13(18)8-12/h3-5,8H,6-7,9H2,1-2H3. The number of aryl methyl sites for hydroxylation is 2. The molecule has 0 amide bonds. The van der Waals surface area contributed by atoms with E-state index < -0.39 is 0 Å². The van der Waals surface area contributed by atoms with Gasteiger partial charge in [0.25, 0.3) is 5.89 Å². The molecule has 0 aliphatic heterocycles. The highest BCUT2D eigenvalue weighted by molar-refractivity contribution is 6.30. The van der Waals surface area contributed by atoms with Crippen molar-refractivity contribution in [2.24, 2.45) is 0 Å². The minimum absolute atomic E-state index is 0.0754. The number of carbonyl (C=O) groups is 1. The van der Waals surface area contributed by atoms with Crippen LogP contribution in [0, 0.1) is 13.8 Å². The Balaban J connectivity index is 1.53. The van der Waals surface area contributed by atoms with E-state index in [-0.39, 0.29) is 24.9 Å². The highest BCUT2D eigenvalue weighted by Crippen LogP contribution is 2.20. The van der Waals surface area contributed by atoms with Gasteiger partial charge in [0, 0.05) is 22.6 Å². The number of ether oxygens (including phenoxy) is 1. The van der Waals surface area contributed by atoms with Gasteiger partial charge in [-0.3, -0.25) is 4.79 Å². The molecule has 2 aromatic heterocycles. The number of aromatic nitrogens is 3. The van der Waals surface area contributed by atoms with Crippen LogP contribution in [-0.4, -0.2) is 21.3 Å². The van der Waals surface area contributed by atoms with Gasteiger partial charge in [-0.15, -0.1) is 0 Å². The quantitative estimate of drug-likeness (QED) is 0.618. The van der Waals surface area contributed by atoms with Crippen molar-refractivity contribution in [1.29, 1.82) is 0 Å².